The lowest BCUT2D eigenvalue weighted by Gasteiger charge is -2.20. The summed E-state index contributed by atoms with van der Waals surface area (Å²) in [6, 6.07) is 22.6. The van der Waals surface area contributed by atoms with Gasteiger partial charge in [0.2, 0.25) is 0 Å². The highest BCUT2D eigenvalue weighted by atomic mass is 79.9. The average Bonchev–Trinajstić information content (AvgIpc) is 2.73. The van der Waals surface area contributed by atoms with Gasteiger partial charge >= 0.3 is 5.97 Å². The van der Waals surface area contributed by atoms with E-state index in [2.05, 4.69) is 15.9 Å². The highest BCUT2D eigenvalue weighted by Gasteiger charge is 2.23. The summed E-state index contributed by atoms with van der Waals surface area (Å²) in [5.74, 6) is 0.485. The molecule has 0 spiro atoms. The number of carbonyl (C=O) groups is 1. The van der Waals surface area contributed by atoms with Gasteiger partial charge in [0, 0.05) is 6.07 Å². The smallest absolute Gasteiger partial charge is 0.342 e. The quantitative estimate of drug-likeness (QED) is 0.494. The minimum absolute atomic E-state index is 0.321. The van der Waals surface area contributed by atoms with Crippen LogP contribution in [0.2, 0.25) is 0 Å². The van der Waals surface area contributed by atoms with Gasteiger partial charge in [0.05, 0.1) is 18.7 Å². The Morgan fingerprint density at radius 2 is 1.33 bits per heavy atom. The van der Waals surface area contributed by atoms with E-state index in [9.17, 15) is 4.79 Å². The summed E-state index contributed by atoms with van der Waals surface area (Å²) < 4.78 is 17.2. The molecule has 5 heteroatoms. The standard InChI is InChI=1S/C22H19BrO4/c1-25-19-14-20(26-2)18(23)13-17(19)22(24)27-21(15-9-5-3-6-10-15)16-11-7-4-8-12-16/h3-14,21H,1-2H3. The molecular weight excluding hydrogens is 408 g/mol. The van der Waals surface area contributed by atoms with Gasteiger partial charge in [0.25, 0.3) is 0 Å². The Balaban J connectivity index is 1.97. The first kappa shape index (κ1) is 19.0. The van der Waals surface area contributed by atoms with Gasteiger partial charge in [-0.25, -0.2) is 4.79 Å². The summed E-state index contributed by atoms with van der Waals surface area (Å²) in [4.78, 5) is 13.0. The first-order valence-electron chi connectivity index (χ1n) is 8.36. The maximum atomic E-state index is 13.0. The number of carbonyl (C=O) groups excluding carboxylic acids is 1. The van der Waals surface area contributed by atoms with Crippen LogP contribution in [-0.4, -0.2) is 20.2 Å². The molecule has 138 valence electrons. The Morgan fingerprint density at radius 3 is 1.81 bits per heavy atom. The van der Waals surface area contributed by atoms with Crippen LogP contribution < -0.4 is 9.47 Å². The van der Waals surface area contributed by atoms with Crippen LogP contribution in [0, 0.1) is 0 Å². The third-order valence-corrected chi connectivity index (χ3v) is 4.74. The van der Waals surface area contributed by atoms with Crippen molar-refractivity contribution in [2.45, 2.75) is 6.10 Å². The minimum atomic E-state index is -0.523. The van der Waals surface area contributed by atoms with Crippen molar-refractivity contribution in [3.63, 3.8) is 0 Å². The molecule has 0 saturated carbocycles. The number of methoxy groups -OCH3 is 2. The van der Waals surface area contributed by atoms with E-state index in [4.69, 9.17) is 14.2 Å². The Labute approximate surface area is 166 Å². The maximum Gasteiger partial charge on any atom is 0.342 e. The molecule has 0 amide bonds. The third-order valence-electron chi connectivity index (χ3n) is 4.12. The summed E-state index contributed by atoms with van der Waals surface area (Å²) >= 11 is 3.41. The largest absolute Gasteiger partial charge is 0.496 e. The SMILES string of the molecule is COc1cc(OC)c(C(=O)OC(c2ccccc2)c2ccccc2)cc1Br. The first-order valence-corrected chi connectivity index (χ1v) is 9.15. The average molecular weight is 427 g/mol. The van der Waals surface area contributed by atoms with Crippen LogP contribution >= 0.6 is 15.9 Å². The number of esters is 1. The fraction of sp³-hybridized carbons (Fsp3) is 0.136. The van der Waals surface area contributed by atoms with Gasteiger partial charge in [-0.15, -0.1) is 0 Å². The molecule has 0 aliphatic carbocycles. The lowest BCUT2D eigenvalue weighted by molar-refractivity contribution is 0.0374. The van der Waals surface area contributed by atoms with Crippen LogP contribution in [0.1, 0.15) is 27.6 Å². The van der Waals surface area contributed by atoms with E-state index in [-0.39, 0.29) is 0 Å². The summed E-state index contributed by atoms with van der Waals surface area (Å²) in [6.07, 6.45) is -0.523. The predicted molar refractivity (Wildman–Crippen MR) is 107 cm³/mol. The number of ether oxygens (including phenoxy) is 3. The molecule has 0 aliphatic heterocycles. The van der Waals surface area contributed by atoms with Crippen molar-refractivity contribution in [1.29, 1.82) is 0 Å². The summed E-state index contributed by atoms with van der Waals surface area (Å²) in [5.41, 5.74) is 2.11. The van der Waals surface area contributed by atoms with E-state index in [1.807, 2.05) is 60.7 Å². The number of halogens is 1. The molecule has 0 heterocycles. The first-order chi connectivity index (χ1) is 13.1. The molecule has 3 aromatic carbocycles. The number of hydrogen-bond acceptors (Lipinski definition) is 4. The Morgan fingerprint density at radius 1 is 0.815 bits per heavy atom. The predicted octanol–water partition coefficient (Wildman–Crippen LogP) is 5.41. The number of rotatable bonds is 6. The molecule has 0 unspecified atom stereocenters. The van der Waals surface area contributed by atoms with Gasteiger partial charge in [-0.05, 0) is 33.1 Å². The molecule has 0 radical (unpaired) electrons. The molecule has 3 aromatic rings. The van der Waals surface area contributed by atoms with Crippen LogP contribution in [0.5, 0.6) is 11.5 Å². The van der Waals surface area contributed by atoms with E-state index < -0.39 is 12.1 Å². The van der Waals surface area contributed by atoms with Gasteiger partial charge < -0.3 is 14.2 Å². The lowest BCUT2D eigenvalue weighted by Crippen LogP contribution is -2.14. The van der Waals surface area contributed by atoms with Crippen molar-refractivity contribution in [3.05, 3.63) is 94.0 Å². The number of benzene rings is 3. The molecule has 3 rings (SSSR count). The molecule has 0 atom stereocenters. The Bertz CT molecular complexity index is 871. The van der Waals surface area contributed by atoms with Gasteiger partial charge in [-0.3, -0.25) is 0 Å². The summed E-state index contributed by atoms with van der Waals surface area (Å²) in [7, 11) is 3.06. The lowest BCUT2D eigenvalue weighted by atomic mass is 10.0. The maximum absolute atomic E-state index is 13.0. The zero-order valence-corrected chi connectivity index (χ0v) is 16.6. The monoisotopic (exact) mass is 426 g/mol. The van der Waals surface area contributed by atoms with Crippen molar-refractivity contribution in [2.24, 2.45) is 0 Å². The third kappa shape index (κ3) is 4.31. The second-order valence-electron chi connectivity index (χ2n) is 5.79. The van der Waals surface area contributed by atoms with Crippen LogP contribution in [0.4, 0.5) is 0 Å². The van der Waals surface area contributed by atoms with Crippen molar-refractivity contribution in [1.82, 2.24) is 0 Å². The zero-order valence-electron chi connectivity index (χ0n) is 15.0. The van der Waals surface area contributed by atoms with Crippen LogP contribution in [0.25, 0.3) is 0 Å². The van der Waals surface area contributed by atoms with Crippen molar-refractivity contribution >= 4 is 21.9 Å². The topological polar surface area (TPSA) is 44.8 Å². The Hall–Kier alpha value is -2.79. The molecular formula is C22H19BrO4. The molecule has 0 aliphatic rings. The van der Waals surface area contributed by atoms with Crippen LogP contribution in [0.15, 0.2) is 77.3 Å². The van der Waals surface area contributed by atoms with Gasteiger partial charge in [0.15, 0.2) is 6.10 Å². The summed E-state index contributed by atoms with van der Waals surface area (Å²) in [6.45, 7) is 0. The van der Waals surface area contributed by atoms with Crippen molar-refractivity contribution < 1.29 is 19.0 Å². The second-order valence-corrected chi connectivity index (χ2v) is 6.65. The van der Waals surface area contributed by atoms with Crippen molar-refractivity contribution in [2.75, 3.05) is 14.2 Å². The van der Waals surface area contributed by atoms with Gasteiger partial charge in [-0.1, -0.05) is 60.7 Å². The van der Waals surface area contributed by atoms with E-state index in [0.717, 1.165) is 11.1 Å². The minimum Gasteiger partial charge on any atom is -0.496 e. The second kappa shape index (κ2) is 8.73. The van der Waals surface area contributed by atoms with E-state index in [1.165, 1.54) is 7.11 Å². The molecule has 0 aromatic heterocycles. The van der Waals surface area contributed by atoms with Gasteiger partial charge in [0.1, 0.15) is 17.1 Å². The molecule has 4 nitrogen and oxygen atoms in total. The zero-order chi connectivity index (χ0) is 19.2. The normalized spacial score (nSPS) is 10.5. The highest BCUT2D eigenvalue weighted by Crippen LogP contribution is 2.35. The van der Waals surface area contributed by atoms with E-state index in [1.54, 1.807) is 19.2 Å². The fourth-order valence-corrected chi connectivity index (χ4v) is 3.28. The fourth-order valence-electron chi connectivity index (χ4n) is 2.77. The van der Waals surface area contributed by atoms with E-state index >= 15 is 0 Å². The molecule has 0 N–H and O–H groups in total. The van der Waals surface area contributed by atoms with Crippen LogP contribution in [0.3, 0.4) is 0 Å². The molecule has 0 fully saturated rings. The number of hydrogen-bond donors (Lipinski definition) is 0. The van der Waals surface area contributed by atoms with Crippen LogP contribution in [-0.2, 0) is 4.74 Å². The van der Waals surface area contributed by atoms with Gasteiger partial charge in [-0.2, -0.15) is 0 Å². The highest BCUT2D eigenvalue weighted by molar-refractivity contribution is 9.10. The Kier molecular flexibility index (Phi) is 6.14. The molecule has 27 heavy (non-hydrogen) atoms. The molecule has 0 bridgehead atoms. The van der Waals surface area contributed by atoms with E-state index in [0.29, 0.717) is 21.5 Å². The molecule has 0 saturated heterocycles. The van der Waals surface area contributed by atoms with Crippen molar-refractivity contribution in [3.8, 4) is 11.5 Å². The summed E-state index contributed by atoms with van der Waals surface area (Å²) in [5, 5.41) is 0.